The lowest BCUT2D eigenvalue weighted by Gasteiger charge is -2.50. The summed E-state index contributed by atoms with van der Waals surface area (Å²) < 4.78 is 5.72. The van der Waals surface area contributed by atoms with Gasteiger partial charge in [-0.3, -0.25) is 0 Å². The average molecular weight is 362 g/mol. The Labute approximate surface area is 161 Å². The molecule has 4 heteroatoms. The first-order chi connectivity index (χ1) is 13.3. The summed E-state index contributed by atoms with van der Waals surface area (Å²) in [6, 6.07) is 20.8. The second kappa shape index (κ2) is 8.07. The predicted molar refractivity (Wildman–Crippen MR) is 105 cm³/mol. The second-order valence-corrected chi connectivity index (χ2v) is 7.23. The fraction of sp³-hybridized carbons (Fsp3) is 0.348. The van der Waals surface area contributed by atoms with Crippen LogP contribution in [0, 0.1) is 0 Å². The van der Waals surface area contributed by atoms with Crippen molar-refractivity contribution in [2.45, 2.75) is 51.0 Å². The quantitative estimate of drug-likeness (QED) is 0.576. The number of nitrogens with zero attached hydrogens (tertiary/aromatic N) is 2. The van der Waals surface area contributed by atoms with Crippen LogP contribution in [0.2, 0.25) is 0 Å². The summed E-state index contributed by atoms with van der Waals surface area (Å²) in [5.41, 5.74) is 2.48. The van der Waals surface area contributed by atoms with Crippen LogP contribution in [0.4, 0.5) is 0 Å². The molecule has 27 heavy (non-hydrogen) atoms. The molecule has 0 radical (unpaired) electrons. The van der Waals surface area contributed by atoms with Crippen molar-refractivity contribution in [3.63, 3.8) is 0 Å². The lowest BCUT2D eigenvalue weighted by molar-refractivity contribution is -0.204. The van der Waals surface area contributed by atoms with E-state index in [2.05, 4.69) is 71.5 Å². The van der Waals surface area contributed by atoms with Crippen molar-refractivity contribution >= 4 is 5.97 Å². The molecule has 2 aromatic rings. The van der Waals surface area contributed by atoms with E-state index in [1.165, 1.54) is 11.1 Å². The number of carbonyl (C=O) groups is 1. The normalized spacial score (nSPS) is 24.8. The van der Waals surface area contributed by atoms with Gasteiger partial charge in [0.2, 0.25) is 0 Å². The van der Waals surface area contributed by atoms with Gasteiger partial charge in [0.25, 0.3) is 0 Å². The summed E-state index contributed by atoms with van der Waals surface area (Å²) >= 11 is 0. The topological polar surface area (TPSA) is 32.8 Å². The molecule has 140 valence electrons. The van der Waals surface area contributed by atoms with Gasteiger partial charge in [-0.05, 0) is 24.0 Å². The third-order valence-corrected chi connectivity index (χ3v) is 5.40. The van der Waals surface area contributed by atoms with E-state index in [1.54, 1.807) is 0 Å². The highest BCUT2D eigenvalue weighted by atomic mass is 16.6. The first-order valence-electron chi connectivity index (χ1n) is 9.74. The smallest absolute Gasteiger partial charge is 0.329 e. The number of hydrazine groups is 1. The van der Waals surface area contributed by atoms with Crippen LogP contribution in [0.5, 0.6) is 0 Å². The van der Waals surface area contributed by atoms with Crippen molar-refractivity contribution in [3.05, 3.63) is 83.9 Å². The summed E-state index contributed by atoms with van der Waals surface area (Å²) in [6.07, 6.45) is 5.80. The van der Waals surface area contributed by atoms with Gasteiger partial charge in [0, 0.05) is 13.1 Å². The molecule has 2 aromatic carbocycles. The monoisotopic (exact) mass is 362 g/mol. The number of rotatable bonds is 6. The van der Waals surface area contributed by atoms with Crippen LogP contribution in [0.25, 0.3) is 0 Å². The fourth-order valence-corrected chi connectivity index (χ4v) is 4.10. The minimum absolute atomic E-state index is 0.0623. The third-order valence-electron chi connectivity index (χ3n) is 5.40. The summed E-state index contributed by atoms with van der Waals surface area (Å²) in [5, 5.41) is 4.60. The van der Waals surface area contributed by atoms with Crippen LogP contribution in [-0.2, 0) is 22.6 Å². The Morgan fingerprint density at radius 2 is 1.59 bits per heavy atom. The second-order valence-electron chi connectivity index (χ2n) is 7.23. The van der Waals surface area contributed by atoms with Crippen LogP contribution in [-0.4, -0.2) is 34.2 Å². The highest BCUT2D eigenvalue weighted by Crippen LogP contribution is 2.32. The molecule has 0 spiro atoms. The first-order valence-corrected chi connectivity index (χ1v) is 9.74. The number of hydrogen-bond acceptors (Lipinski definition) is 4. The van der Waals surface area contributed by atoms with Gasteiger partial charge in [-0.1, -0.05) is 79.7 Å². The fourth-order valence-electron chi connectivity index (χ4n) is 4.10. The molecule has 2 heterocycles. The van der Waals surface area contributed by atoms with Crippen molar-refractivity contribution in [1.29, 1.82) is 0 Å². The molecule has 0 amide bonds. The number of carbonyl (C=O) groups excluding carboxylic acids is 1. The maximum atomic E-state index is 12.7. The molecule has 0 aromatic heterocycles. The number of esters is 1. The van der Waals surface area contributed by atoms with Crippen LogP contribution in [0.15, 0.2) is 72.8 Å². The molecule has 1 saturated heterocycles. The molecule has 0 unspecified atom stereocenters. The van der Waals surface area contributed by atoms with Crippen LogP contribution in [0.1, 0.15) is 30.9 Å². The summed E-state index contributed by atoms with van der Waals surface area (Å²) in [6.45, 7) is 3.62. The summed E-state index contributed by atoms with van der Waals surface area (Å²) in [4.78, 5) is 12.7. The molecule has 3 atom stereocenters. The summed E-state index contributed by atoms with van der Waals surface area (Å²) in [5.74, 6) is -0.139. The molecule has 4 rings (SSSR count). The van der Waals surface area contributed by atoms with Crippen molar-refractivity contribution in [2.24, 2.45) is 0 Å². The Morgan fingerprint density at radius 3 is 2.15 bits per heavy atom. The van der Waals surface area contributed by atoms with E-state index in [0.717, 1.165) is 25.9 Å². The minimum atomic E-state index is -0.334. The van der Waals surface area contributed by atoms with Gasteiger partial charge in [-0.2, -0.15) is 0 Å². The number of benzene rings is 2. The van der Waals surface area contributed by atoms with E-state index in [0.29, 0.717) is 0 Å². The van der Waals surface area contributed by atoms with E-state index in [1.807, 2.05) is 18.2 Å². The van der Waals surface area contributed by atoms with E-state index in [9.17, 15) is 4.79 Å². The van der Waals surface area contributed by atoms with Gasteiger partial charge in [0.05, 0.1) is 6.04 Å². The molecule has 2 aliphatic rings. The third kappa shape index (κ3) is 3.82. The van der Waals surface area contributed by atoms with Gasteiger partial charge in [0.1, 0.15) is 12.1 Å². The Balaban J connectivity index is 1.68. The lowest BCUT2D eigenvalue weighted by atomic mass is 9.95. The molecule has 0 aliphatic carbocycles. The summed E-state index contributed by atoms with van der Waals surface area (Å²) in [7, 11) is 0. The van der Waals surface area contributed by atoms with E-state index < -0.39 is 0 Å². The number of morpholine rings is 1. The molecular weight excluding hydrogens is 336 g/mol. The van der Waals surface area contributed by atoms with Crippen molar-refractivity contribution in [2.75, 3.05) is 0 Å². The van der Waals surface area contributed by atoms with E-state index in [-0.39, 0.29) is 24.2 Å². The Morgan fingerprint density at radius 1 is 1.00 bits per heavy atom. The van der Waals surface area contributed by atoms with Gasteiger partial charge in [-0.15, -0.1) is 0 Å². The molecule has 4 nitrogen and oxygen atoms in total. The SMILES string of the molecule is CC[C@@H]1OC(=O)[C@H]2C=CC[C@@H]1N2N(Cc1ccccc1)Cc1ccccc1. The largest absolute Gasteiger partial charge is 0.459 e. The van der Waals surface area contributed by atoms with E-state index >= 15 is 0 Å². The van der Waals surface area contributed by atoms with Crippen molar-refractivity contribution < 1.29 is 9.53 Å². The zero-order valence-corrected chi connectivity index (χ0v) is 15.7. The highest BCUT2D eigenvalue weighted by molar-refractivity contribution is 5.79. The molecule has 0 saturated carbocycles. The zero-order valence-electron chi connectivity index (χ0n) is 15.7. The van der Waals surface area contributed by atoms with Crippen LogP contribution in [0.3, 0.4) is 0 Å². The zero-order chi connectivity index (χ0) is 18.6. The van der Waals surface area contributed by atoms with Gasteiger partial charge in [0.15, 0.2) is 0 Å². The molecule has 2 bridgehead atoms. The predicted octanol–water partition coefficient (Wildman–Crippen LogP) is 3.94. The Bertz CT molecular complexity index is 749. The maximum Gasteiger partial charge on any atom is 0.329 e. The van der Waals surface area contributed by atoms with E-state index in [4.69, 9.17) is 4.74 Å². The lowest BCUT2D eigenvalue weighted by Crippen LogP contribution is -2.64. The standard InChI is InChI=1S/C23H26N2O2/c1-2-22-20-14-9-15-21(23(26)27-22)25(20)24(16-18-10-5-3-6-11-18)17-19-12-7-4-8-13-19/h3-13,15,20-22H,2,14,16-17H2,1H3/t20-,21+,22-/m0/s1. The van der Waals surface area contributed by atoms with Gasteiger partial charge < -0.3 is 4.74 Å². The minimum Gasteiger partial charge on any atom is -0.459 e. The van der Waals surface area contributed by atoms with Crippen molar-refractivity contribution in [3.8, 4) is 0 Å². The maximum absolute atomic E-state index is 12.7. The molecule has 1 fully saturated rings. The Kier molecular flexibility index (Phi) is 5.37. The number of fused-ring (bicyclic) bond motifs is 2. The average Bonchev–Trinajstić information content (AvgIpc) is 2.71. The Hall–Kier alpha value is -2.43. The highest BCUT2D eigenvalue weighted by Gasteiger charge is 2.46. The first kappa shape index (κ1) is 18.0. The van der Waals surface area contributed by atoms with Gasteiger partial charge >= 0.3 is 5.97 Å². The molecule has 2 aliphatic heterocycles. The van der Waals surface area contributed by atoms with Gasteiger partial charge in [-0.25, -0.2) is 14.8 Å². The van der Waals surface area contributed by atoms with Crippen LogP contribution < -0.4 is 0 Å². The number of cyclic esters (lactones) is 1. The number of hydrogen-bond donors (Lipinski definition) is 0. The molecule has 0 N–H and O–H groups in total. The molecular formula is C23H26N2O2. The van der Waals surface area contributed by atoms with Crippen LogP contribution >= 0.6 is 0 Å². The van der Waals surface area contributed by atoms with Crippen molar-refractivity contribution in [1.82, 2.24) is 10.0 Å². The number of ether oxygens (including phenoxy) is 1.